The predicted octanol–water partition coefficient (Wildman–Crippen LogP) is 7.37. The van der Waals surface area contributed by atoms with Crippen LogP contribution in [0.15, 0.2) is 12.2 Å². The molecule has 0 aromatic carbocycles. The molecule has 12 heteroatoms. The minimum Gasteiger partial charge on any atom is -0.460 e. The zero-order valence-corrected chi connectivity index (χ0v) is 32.5. The Hall–Kier alpha value is -0.612. The van der Waals surface area contributed by atoms with Gasteiger partial charge in [-0.3, -0.25) is 9.59 Å². The number of carbonyl (C=O) groups is 2. The van der Waals surface area contributed by atoms with E-state index in [1.54, 1.807) is 6.92 Å². The van der Waals surface area contributed by atoms with Crippen LogP contribution in [-0.2, 0) is 26.7 Å². The highest BCUT2D eigenvalue weighted by atomic mass is 28.5. The molecule has 1 aliphatic carbocycles. The second-order valence-corrected chi connectivity index (χ2v) is 32.0. The molecule has 0 bridgehead atoms. The van der Waals surface area contributed by atoms with Crippen LogP contribution in [0.5, 0.6) is 0 Å². The van der Waals surface area contributed by atoms with Gasteiger partial charge in [-0.15, -0.1) is 0 Å². The summed E-state index contributed by atoms with van der Waals surface area (Å²) in [6.07, 6.45) is 8.35. The van der Waals surface area contributed by atoms with E-state index in [1.807, 2.05) is 0 Å². The average Bonchev–Trinajstić information content (AvgIpc) is 2.79. The van der Waals surface area contributed by atoms with Crippen LogP contribution < -0.4 is 5.32 Å². The minimum atomic E-state index is -2.91. The summed E-state index contributed by atoms with van der Waals surface area (Å²) in [4.78, 5) is 24.1. The SMILES string of the molecule is C=C(C)C(=O)NCCCCCCCCC(=O)OC1CC(CC[Si](O[Si](C)(C)C)(O[Si](C)(C)C)O[Si](C)(C)C)CCC1O. The molecule has 3 atom stereocenters. The van der Waals surface area contributed by atoms with E-state index < -0.39 is 46.0 Å². The summed E-state index contributed by atoms with van der Waals surface area (Å²) >= 11 is 0. The number of hydrogen-bond acceptors (Lipinski definition) is 7. The normalized spacial score (nSPS) is 20.3. The van der Waals surface area contributed by atoms with Crippen molar-refractivity contribution in [2.45, 2.75) is 155 Å². The number of nitrogens with one attached hydrogen (secondary N) is 1. The van der Waals surface area contributed by atoms with Crippen LogP contribution in [0.2, 0.25) is 65.0 Å². The van der Waals surface area contributed by atoms with Crippen LogP contribution in [0.4, 0.5) is 0 Å². The van der Waals surface area contributed by atoms with Gasteiger partial charge in [0.1, 0.15) is 6.10 Å². The van der Waals surface area contributed by atoms with Gasteiger partial charge in [-0.25, -0.2) is 0 Å². The van der Waals surface area contributed by atoms with E-state index in [-0.39, 0.29) is 11.9 Å². The van der Waals surface area contributed by atoms with Gasteiger partial charge in [0, 0.05) is 24.6 Å². The molecule has 0 aliphatic heterocycles. The minimum absolute atomic E-state index is 0.0824. The fourth-order valence-electron chi connectivity index (χ4n) is 5.26. The molecule has 2 N–H and O–H groups in total. The number of esters is 1. The van der Waals surface area contributed by atoms with Crippen LogP contribution in [0, 0.1) is 5.92 Å². The maximum absolute atomic E-state index is 12.6. The van der Waals surface area contributed by atoms with E-state index in [9.17, 15) is 14.7 Å². The second-order valence-electron chi connectivity index (χ2n) is 15.0. The number of carbonyl (C=O) groups excluding carboxylic acids is 2. The summed E-state index contributed by atoms with van der Waals surface area (Å²) in [7, 11) is -8.71. The lowest BCUT2D eigenvalue weighted by molar-refractivity contribution is -0.159. The number of rotatable bonds is 20. The molecule has 246 valence electrons. The van der Waals surface area contributed by atoms with Crippen LogP contribution in [0.25, 0.3) is 0 Å². The smallest absolute Gasteiger partial charge is 0.460 e. The fraction of sp³-hybridized carbons (Fsp3) is 0.867. The highest BCUT2D eigenvalue weighted by molar-refractivity contribution is 6.90. The van der Waals surface area contributed by atoms with Crippen molar-refractivity contribution in [3.63, 3.8) is 0 Å². The van der Waals surface area contributed by atoms with Crippen molar-refractivity contribution in [2.75, 3.05) is 6.54 Å². The Labute approximate surface area is 261 Å². The first-order valence-corrected chi connectivity index (χ1v) is 28.3. The van der Waals surface area contributed by atoms with Gasteiger partial charge in [0.05, 0.1) is 6.10 Å². The molecule has 1 aliphatic rings. The van der Waals surface area contributed by atoms with Gasteiger partial charge in [-0.1, -0.05) is 32.3 Å². The van der Waals surface area contributed by atoms with Crippen molar-refractivity contribution in [3.8, 4) is 0 Å². The zero-order chi connectivity index (χ0) is 32.2. The molecule has 1 saturated carbocycles. The number of aliphatic hydroxyl groups is 1. The monoisotopic (exact) mass is 661 g/mol. The van der Waals surface area contributed by atoms with Crippen LogP contribution in [0.1, 0.15) is 77.6 Å². The molecule has 0 heterocycles. The van der Waals surface area contributed by atoms with Gasteiger partial charge in [-0.05, 0) is 110 Å². The molecule has 0 spiro atoms. The van der Waals surface area contributed by atoms with Crippen LogP contribution in [0.3, 0.4) is 0 Å². The summed E-state index contributed by atoms with van der Waals surface area (Å²) in [5.74, 6) is 0.0390. The lowest BCUT2D eigenvalue weighted by atomic mass is 9.84. The summed E-state index contributed by atoms with van der Waals surface area (Å²) in [5, 5.41) is 13.5. The Morgan fingerprint density at radius 1 is 0.810 bits per heavy atom. The molecule has 0 radical (unpaired) electrons. The van der Waals surface area contributed by atoms with Gasteiger partial charge < -0.3 is 27.5 Å². The summed E-state index contributed by atoms with van der Waals surface area (Å²) in [6, 6.07) is 0.771. The van der Waals surface area contributed by atoms with Gasteiger partial charge in [0.25, 0.3) is 0 Å². The molecule has 8 nitrogen and oxygen atoms in total. The van der Waals surface area contributed by atoms with E-state index in [0.717, 1.165) is 57.4 Å². The summed E-state index contributed by atoms with van der Waals surface area (Å²) in [6.45, 7) is 25.9. The topological polar surface area (TPSA) is 103 Å². The molecular formula is C30H63NO7Si4. The maximum Gasteiger partial charge on any atom is 0.469 e. The third-order valence-electron chi connectivity index (χ3n) is 6.87. The van der Waals surface area contributed by atoms with E-state index in [2.05, 4.69) is 70.8 Å². The summed E-state index contributed by atoms with van der Waals surface area (Å²) in [5.41, 5.74) is 0.535. The molecule has 0 aromatic rings. The highest BCUT2D eigenvalue weighted by Crippen LogP contribution is 2.36. The highest BCUT2D eigenvalue weighted by Gasteiger charge is 2.50. The molecular weight excluding hydrogens is 599 g/mol. The molecule has 42 heavy (non-hydrogen) atoms. The Morgan fingerprint density at radius 2 is 1.31 bits per heavy atom. The number of unbranched alkanes of at least 4 members (excludes halogenated alkanes) is 5. The molecule has 3 unspecified atom stereocenters. The Balaban J connectivity index is 2.57. The average molecular weight is 662 g/mol. The number of hydrogen-bond donors (Lipinski definition) is 2. The van der Waals surface area contributed by atoms with Gasteiger partial charge in [-0.2, -0.15) is 0 Å². The molecule has 1 amide bonds. The lowest BCUT2D eigenvalue weighted by Gasteiger charge is -2.43. The Kier molecular flexibility index (Phi) is 16.7. The quantitative estimate of drug-likeness (QED) is 0.0608. The lowest BCUT2D eigenvalue weighted by Crippen LogP contribution is -2.60. The van der Waals surface area contributed by atoms with Crippen molar-refractivity contribution in [1.82, 2.24) is 5.32 Å². The molecule has 1 rings (SSSR count). The Bertz CT molecular complexity index is 811. The number of ether oxygens (including phenoxy) is 1. The van der Waals surface area contributed by atoms with Crippen LogP contribution in [-0.4, -0.2) is 69.5 Å². The first-order chi connectivity index (χ1) is 19.2. The van der Waals surface area contributed by atoms with Crippen molar-refractivity contribution < 1.29 is 31.8 Å². The third-order valence-corrected chi connectivity index (χ3v) is 18.9. The van der Waals surface area contributed by atoms with Gasteiger partial charge >= 0.3 is 14.8 Å². The van der Waals surface area contributed by atoms with Gasteiger partial charge in [0.2, 0.25) is 5.91 Å². The van der Waals surface area contributed by atoms with E-state index in [4.69, 9.17) is 17.1 Å². The van der Waals surface area contributed by atoms with Gasteiger partial charge in [0.15, 0.2) is 25.0 Å². The number of amides is 1. The summed E-state index contributed by atoms with van der Waals surface area (Å²) < 4.78 is 26.3. The molecule has 0 aromatic heterocycles. The fourth-order valence-corrected chi connectivity index (χ4v) is 20.1. The van der Waals surface area contributed by atoms with Crippen molar-refractivity contribution in [3.05, 3.63) is 12.2 Å². The second kappa shape index (κ2) is 17.8. The first kappa shape index (κ1) is 39.4. The maximum atomic E-state index is 12.6. The third kappa shape index (κ3) is 18.3. The number of aliphatic hydroxyl groups excluding tert-OH is 1. The van der Waals surface area contributed by atoms with E-state index in [0.29, 0.717) is 37.3 Å². The standard InChI is InChI=1S/C30H63NO7Si4/c1-25(2)30(34)31-22-17-15-13-12-14-16-18-29(33)35-28-24-26(19-20-27(28)32)21-23-42(36-39(3,4)5,37-40(6,7)8)38-41(9,10)11/h26-28,32H,1,12-24H2,2-11H3,(H,31,34). The molecule has 1 fully saturated rings. The van der Waals surface area contributed by atoms with Crippen molar-refractivity contribution in [1.29, 1.82) is 0 Å². The van der Waals surface area contributed by atoms with Crippen molar-refractivity contribution in [2.24, 2.45) is 5.92 Å². The van der Waals surface area contributed by atoms with Crippen LogP contribution >= 0.6 is 0 Å². The zero-order valence-electron chi connectivity index (χ0n) is 28.5. The Morgan fingerprint density at radius 3 is 1.81 bits per heavy atom. The first-order valence-electron chi connectivity index (χ1n) is 16.1. The molecule has 0 saturated heterocycles. The van der Waals surface area contributed by atoms with Crippen molar-refractivity contribution >= 4 is 45.6 Å². The largest absolute Gasteiger partial charge is 0.469 e. The predicted molar refractivity (Wildman–Crippen MR) is 182 cm³/mol. The van der Waals surface area contributed by atoms with E-state index in [1.165, 1.54) is 0 Å². The van der Waals surface area contributed by atoms with E-state index >= 15 is 0 Å².